The van der Waals surface area contributed by atoms with E-state index < -0.39 is 0 Å². The topological polar surface area (TPSA) is 95.1 Å². The Morgan fingerprint density at radius 1 is 0.421 bits per heavy atom. The van der Waals surface area contributed by atoms with Crippen LogP contribution in [0.5, 0.6) is 0 Å². The summed E-state index contributed by atoms with van der Waals surface area (Å²) >= 11 is 0. The summed E-state index contributed by atoms with van der Waals surface area (Å²) in [5.74, 6) is 0. The maximum absolute atomic E-state index is 5.79. The summed E-state index contributed by atoms with van der Waals surface area (Å²) < 4.78 is 49.8. The molecule has 1 aliphatic heterocycles. The molecule has 0 saturated carbocycles. The largest absolute Gasteiger partial charge is 0.379 e. The van der Waals surface area contributed by atoms with Crippen molar-refractivity contribution >= 4 is 0 Å². The van der Waals surface area contributed by atoms with Crippen molar-refractivity contribution < 1.29 is 42.6 Å². The molecular weight excluding hydrogens is 494 g/mol. The Morgan fingerprint density at radius 3 is 1.16 bits per heavy atom. The van der Waals surface area contributed by atoms with Crippen molar-refractivity contribution in [3.8, 4) is 0 Å². The molecule has 1 fully saturated rings. The number of rotatable bonds is 31. The maximum Gasteiger partial charge on any atom is 0.0704 e. The van der Waals surface area contributed by atoms with E-state index in [1.54, 1.807) is 0 Å². The third-order valence-corrected chi connectivity index (χ3v) is 5.86. The van der Waals surface area contributed by atoms with Gasteiger partial charge in [0.15, 0.2) is 0 Å². The summed E-state index contributed by atoms with van der Waals surface area (Å²) in [7, 11) is 0. The quantitative estimate of drug-likeness (QED) is 0.130. The Labute approximate surface area is 231 Å². The average molecular weight is 552 g/mol. The third kappa shape index (κ3) is 27.2. The normalized spacial score (nSPS) is 14.4. The van der Waals surface area contributed by atoms with E-state index in [-0.39, 0.29) is 0 Å². The van der Waals surface area contributed by atoms with Crippen molar-refractivity contribution in [2.45, 2.75) is 58.0 Å². The number of unbranched alkanes of at least 4 members (excludes halogenated alkanes) is 4. The lowest BCUT2D eigenvalue weighted by atomic mass is 10.1. The van der Waals surface area contributed by atoms with Crippen molar-refractivity contribution in [1.29, 1.82) is 0 Å². The van der Waals surface area contributed by atoms with Crippen molar-refractivity contribution in [3.05, 3.63) is 0 Å². The van der Waals surface area contributed by atoms with Crippen LogP contribution in [0.3, 0.4) is 0 Å². The molecule has 1 heterocycles. The Morgan fingerprint density at radius 2 is 0.763 bits per heavy atom. The molecule has 1 N–H and O–H groups in total. The molecule has 0 aliphatic carbocycles. The summed E-state index contributed by atoms with van der Waals surface area (Å²) in [6.07, 6.45) is 8.86. The highest BCUT2D eigenvalue weighted by Gasteiger charge is 2.12. The fourth-order valence-electron chi connectivity index (χ4n) is 3.68. The molecular formula is C28H57NO9. The van der Waals surface area contributed by atoms with Gasteiger partial charge in [-0.1, -0.05) is 32.6 Å². The summed E-state index contributed by atoms with van der Waals surface area (Å²) in [5, 5.41) is 3.33. The minimum absolute atomic E-state index is 0.380. The number of hydrogen-bond acceptors (Lipinski definition) is 10. The van der Waals surface area contributed by atoms with Crippen LogP contribution in [0.25, 0.3) is 0 Å². The Hall–Kier alpha value is -0.400. The van der Waals surface area contributed by atoms with E-state index in [0.29, 0.717) is 112 Å². The highest BCUT2D eigenvalue weighted by molar-refractivity contribution is 4.67. The van der Waals surface area contributed by atoms with Gasteiger partial charge in [-0.25, -0.2) is 0 Å². The molecule has 38 heavy (non-hydrogen) atoms. The lowest BCUT2D eigenvalue weighted by molar-refractivity contribution is -0.0318. The molecule has 10 heteroatoms. The van der Waals surface area contributed by atoms with Crippen LogP contribution in [0.15, 0.2) is 0 Å². The summed E-state index contributed by atoms with van der Waals surface area (Å²) in [6, 6.07) is 0. The van der Waals surface area contributed by atoms with E-state index in [1.807, 2.05) is 0 Å². The molecule has 0 spiro atoms. The first-order chi connectivity index (χ1) is 18.9. The van der Waals surface area contributed by atoms with E-state index >= 15 is 0 Å². The van der Waals surface area contributed by atoms with Crippen LogP contribution < -0.4 is 5.32 Å². The van der Waals surface area contributed by atoms with Crippen LogP contribution in [0.4, 0.5) is 0 Å². The van der Waals surface area contributed by atoms with Crippen LogP contribution in [0.2, 0.25) is 0 Å². The molecule has 0 aromatic carbocycles. The van der Waals surface area contributed by atoms with Crippen LogP contribution in [-0.2, 0) is 42.6 Å². The highest BCUT2D eigenvalue weighted by Crippen LogP contribution is 2.06. The molecule has 0 unspecified atom stereocenters. The van der Waals surface area contributed by atoms with Crippen LogP contribution in [0, 0.1) is 0 Å². The van der Waals surface area contributed by atoms with Crippen molar-refractivity contribution in [2.75, 3.05) is 125 Å². The summed E-state index contributed by atoms with van der Waals surface area (Å²) in [6.45, 7) is 14.3. The number of ether oxygens (including phenoxy) is 9. The minimum atomic E-state index is 0.380. The first-order valence-corrected chi connectivity index (χ1v) is 14.9. The van der Waals surface area contributed by atoms with E-state index in [4.69, 9.17) is 42.6 Å². The summed E-state index contributed by atoms with van der Waals surface area (Å²) in [5.41, 5.74) is 0. The predicted molar refractivity (Wildman–Crippen MR) is 147 cm³/mol. The molecule has 1 aliphatic rings. The highest BCUT2D eigenvalue weighted by atomic mass is 16.6. The fraction of sp³-hybridized carbons (Fsp3) is 1.00. The number of hydrogen-bond donors (Lipinski definition) is 1. The van der Waals surface area contributed by atoms with Crippen LogP contribution >= 0.6 is 0 Å². The van der Waals surface area contributed by atoms with Gasteiger partial charge >= 0.3 is 0 Å². The van der Waals surface area contributed by atoms with E-state index in [0.717, 1.165) is 39.0 Å². The maximum atomic E-state index is 5.79. The van der Waals surface area contributed by atoms with Crippen molar-refractivity contribution in [1.82, 2.24) is 5.32 Å². The van der Waals surface area contributed by atoms with Gasteiger partial charge in [0.1, 0.15) is 0 Å². The molecule has 1 saturated heterocycles. The third-order valence-electron chi connectivity index (χ3n) is 5.86. The van der Waals surface area contributed by atoms with Gasteiger partial charge in [0.25, 0.3) is 0 Å². The van der Waals surface area contributed by atoms with Gasteiger partial charge in [-0.3, -0.25) is 0 Å². The van der Waals surface area contributed by atoms with Gasteiger partial charge in [-0.05, 0) is 32.4 Å². The molecule has 0 amide bonds. The monoisotopic (exact) mass is 551 g/mol. The summed E-state index contributed by atoms with van der Waals surface area (Å²) in [4.78, 5) is 0. The fourth-order valence-corrected chi connectivity index (χ4v) is 3.68. The van der Waals surface area contributed by atoms with Gasteiger partial charge in [0, 0.05) is 6.61 Å². The van der Waals surface area contributed by atoms with Crippen molar-refractivity contribution in [2.24, 2.45) is 0 Å². The second kappa shape index (κ2) is 31.1. The van der Waals surface area contributed by atoms with Gasteiger partial charge in [-0.15, -0.1) is 0 Å². The zero-order chi connectivity index (χ0) is 27.0. The first-order valence-electron chi connectivity index (χ1n) is 14.9. The molecule has 0 bridgehead atoms. The predicted octanol–water partition coefficient (Wildman–Crippen LogP) is 2.86. The molecule has 0 aromatic rings. The molecule has 1 rings (SSSR count). The number of piperidine rings is 1. The van der Waals surface area contributed by atoms with Gasteiger partial charge in [-0.2, -0.15) is 0 Å². The zero-order valence-electron chi connectivity index (χ0n) is 24.1. The standard InChI is InChI=1S/C28H57NO9/c1-2-3-4-5-6-11-30-12-13-31-14-15-32-16-17-33-18-19-34-20-21-35-22-23-36-24-25-37-26-27-38-28-7-9-29-10-8-28/h28-29H,2-27H2,1H3. The minimum Gasteiger partial charge on any atom is -0.379 e. The Kier molecular flexibility index (Phi) is 29.2. The van der Waals surface area contributed by atoms with Crippen LogP contribution in [-0.4, -0.2) is 132 Å². The SMILES string of the molecule is CCCCCCCOCCOCCOCCOCCOCCOCCOCCOCCOC1CCNCC1. The number of nitrogens with one attached hydrogen (secondary N) is 1. The average Bonchev–Trinajstić information content (AvgIpc) is 2.94. The molecule has 10 nitrogen and oxygen atoms in total. The van der Waals surface area contributed by atoms with E-state index in [2.05, 4.69) is 12.2 Å². The van der Waals surface area contributed by atoms with Gasteiger partial charge in [0.05, 0.1) is 112 Å². The molecule has 0 atom stereocenters. The lowest BCUT2D eigenvalue weighted by Crippen LogP contribution is -2.33. The molecule has 0 aromatic heterocycles. The smallest absolute Gasteiger partial charge is 0.0704 e. The van der Waals surface area contributed by atoms with E-state index in [1.165, 1.54) is 25.7 Å². The lowest BCUT2D eigenvalue weighted by Gasteiger charge is -2.22. The van der Waals surface area contributed by atoms with Crippen LogP contribution in [0.1, 0.15) is 51.9 Å². The van der Waals surface area contributed by atoms with E-state index in [9.17, 15) is 0 Å². The zero-order valence-corrected chi connectivity index (χ0v) is 24.1. The second-order valence-corrected chi connectivity index (χ2v) is 9.13. The Bertz CT molecular complexity index is 443. The Balaban J connectivity index is 1.61. The van der Waals surface area contributed by atoms with Crippen molar-refractivity contribution in [3.63, 3.8) is 0 Å². The first kappa shape index (κ1) is 35.6. The second-order valence-electron chi connectivity index (χ2n) is 9.13. The van der Waals surface area contributed by atoms with Gasteiger partial charge < -0.3 is 47.9 Å². The van der Waals surface area contributed by atoms with Gasteiger partial charge in [0.2, 0.25) is 0 Å². The molecule has 228 valence electrons. The molecule has 0 radical (unpaired) electrons.